The molecule has 0 saturated heterocycles. The number of benzene rings is 2. The second kappa shape index (κ2) is 8.55. The van der Waals surface area contributed by atoms with E-state index in [1.54, 1.807) is 11.8 Å². The lowest BCUT2D eigenvalue weighted by atomic mass is 10.2. The Morgan fingerprint density at radius 3 is 2.54 bits per heavy atom. The van der Waals surface area contributed by atoms with Gasteiger partial charge in [0.15, 0.2) is 9.84 Å². The van der Waals surface area contributed by atoms with Gasteiger partial charge in [0.05, 0.1) is 15.5 Å². The van der Waals surface area contributed by atoms with Crippen LogP contribution in [0.4, 0.5) is 0 Å². The summed E-state index contributed by atoms with van der Waals surface area (Å²) in [5.41, 5.74) is 0.176. The number of thioether (sulfide) groups is 1. The van der Waals surface area contributed by atoms with Crippen molar-refractivity contribution in [3.63, 3.8) is 0 Å². The molecule has 2 aromatic carbocycles. The number of hydrogen-bond acceptors (Lipinski definition) is 4. The lowest BCUT2D eigenvalue weighted by Crippen LogP contribution is -2.25. The van der Waals surface area contributed by atoms with E-state index in [2.05, 4.69) is 5.32 Å². The third kappa shape index (κ3) is 5.54. The van der Waals surface area contributed by atoms with Gasteiger partial charge in [-0.25, -0.2) is 8.42 Å². The summed E-state index contributed by atoms with van der Waals surface area (Å²) in [5, 5.41) is 3.01. The Hall–Kier alpha value is -1.50. The van der Waals surface area contributed by atoms with Gasteiger partial charge in [0.1, 0.15) is 0 Å². The van der Waals surface area contributed by atoms with Gasteiger partial charge in [-0.1, -0.05) is 29.8 Å². The van der Waals surface area contributed by atoms with Gasteiger partial charge in [-0.05, 0) is 42.5 Å². The van der Waals surface area contributed by atoms with Crippen molar-refractivity contribution in [3.05, 3.63) is 59.1 Å². The zero-order valence-corrected chi connectivity index (χ0v) is 15.5. The highest BCUT2D eigenvalue weighted by Crippen LogP contribution is 2.21. The van der Waals surface area contributed by atoms with Gasteiger partial charge in [0.25, 0.3) is 5.91 Å². The molecule has 0 aliphatic carbocycles. The molecular formula is C17H18ClNO3S2. The number of sulfone groups is 1. The van der Waals surface area contributed by atoms with Gasteiger partial charge in [0.2, 0.25) is 0 Å². The van der Waals surface area contributed by atoms with Gasteiger partial charge < -0.3 is 5.32 Å². The molecule has 0 aliphatic rings. The molecular weight excluding hydrogens is 366 g/mol. The molecule has 0 unspecified atom stereocenters. The summed E-state index contributed by atoms with van der Waals surface area (Å²) in [6.07, 6.45) is 1.90. The van der Waals surface area contributed by atoms with Crippen LogP contribution in [-0.4, -0.2) is 32.9 Å². The Morgan fingerprint density at radius 2 is 1.88 bits per heavy atom. The minimum Gasteiger partial charge on any atom is -0.352 e. The van der Waals surface area contributed by atoms with Crippen LogP contribution in [0.15, 0.2) is 58.3 Å². The maximum atomic E-state index is 12.2. The topological polar surface area (TPSA) is 63.2 Å². The lowest BCUT2D eigenvalue weighted by molar-refractivity contribution is 0.0953. The standard InChI is InChI=1S/C17H18ClNO3S2/c1-24(21,22)14-8-9-16(18)15(12-14)17(20)19-10-5-11-23-13-6-3-2-4-7-13/h2-4,6-9,12H,5,10-11H2,1H3,(H,19,20). The van der Waals surface area contributed by atoms with Crippen LogP contribution in [0, 0.1) is 0 Å². The second-order valence-corrected chi connectivity index (χ2v) is 8.78. The number of rotatable bonds is 7. The highest BCUT2D eigenvalue weighted by molar-refractivity contribution is 7.99. The molecule has 7 heteroatoms. The van der Waals surface area contributed by atoms with Gasteiger partial charge in [-0.15, -0.1) is 11.8 Å². The Bertz CT molecular complexity index is 808. The Kier molecular flexibility index (Phi) is 6.71. The molecule has 1 amide bonds. The fourth-order valence-electron chi connectivity index (χ4n) is 1.99. The molecule has 0 fully saturated rings. The normalized spacial score (nSPS) is 11.2. The molecule has 0 heterocycles. The molecule has 2 aromatic rings. The number of carbonyl (C=O) groups excluding carboxylic acids is 1. The third-order valence-corrected chi connectivity index (χ3v) is 5.77. The summed E-state index contributed by atoms with van der Waals surface area (Å²) >= 11 is 7.72. The van der Waals surface area contributed by atoms with Crippen molar-refractivity contribution in [1.82, 2.24) is 5.32 Å². The van der Waals surface area contributed by atoms with E-state index in [1.165, 1.54) is 23.1 Å². The SMILES string of the molecule is CS(=O)(=O)c1ccc(Cl)c(C(=O)NCCCSc2ccccc2)c1. The van der Waals surface area contributed by atoms with Crippen molar-refractivity contribution < 1.29 is 13.2 Å². The minimum atomic E-state index is -3.38. The van der Waals surface area contributed by atoms with Crippen LogP contribution >= 0.6 is 23.4 Å². The average molecular weight is 384 g/mol. The van der Waals surface area contributed by atoms with Gasteiger partial charge >= 0.3 is 0 Å². The molecule has 2 rings (SSSR count). The quantitative estimate of drug-likeness (QED) is 0.585. The molecule has 0 spiro atoms. The predicted molar refractivity (Wildman–Crippen MR) is 98.7 cm³/mol. The summed E-state index contributed by atoms with van der Waals surface area (Å²) in [5.74, 6) is 0.511. The van der Waals surface area contributed by atoms with E-state index in [9.17, 15) is 13.2 Å². The molecule has 0 radical (unpaired) electrons. The summed E-state index contributed by atoms with van der Waals surface area (Å²) in [6.45, 7) is 0.498. The molecule has 0 aliphatic heterocycles. The molecule has 1 N–H and O–H groups in total. The molecule has 0 aromatic heterocycles. The van der Waals surface area contributed by atoms with Crippen molar-refractivity contribution in [2.24, 2.45) is 0 Å². The number of carbonyl (C=O) groups is 1. The van der Waals surface area contributed by atoms with E-state index < -0.39 is 9.84 Å². The van der Waals surface area contributed by atoms with E-state index in [0.717, 1.165) is 18.4 Å². The van der Waals surface area contributed by atoms with E-state index >= 15 is 0 Å². The maximum Gasteiger partial charge on any atom is 0.252 e. The van der Waals surface area contributed by atoms with Crippen LogP contribution in [0.5, 0.6) is 0 Å². The summed E-state index contributed by atoms with van der Waals surface area (Å²) in [7, 11) is -3.38. The fourth-order valence-corrected chi connectivity index (χ4v) is 3.71. The molecule has 0 atom stereocenters. The first-order valence-corrected chi connectivity index (χ1v) is 10.6. The summed E-state index contributed by atoms with van der Waals surface area (Å²) < 4.78 is 23.2. The highest BCUT2D eigenvalue weighted by atomic mass is 35.5. The zero-order chi connectivity index (χ0) is 17.6. The molecule has 24 heavy (non-hydrogen) atoms. The van der Waals surface area contributed by atoms with Gasteiger partial charge in [-0.3, -0.25) is 4.79 Å². The third-order valence-electron chi connectivity index (χ3n) is 3.23. The van der Waals surface area contributed by atoms with Gasteiger partial charge in [0, 0.05) is 17.7 Å². The molecule has 0 saturated carbocycles. The van der Waals surface area contributed by atoms with Crippen molar-refractivity contribution in [1.29, 1.82) is 0 Å². The Labute approximate surface area is 151 Å². The van der Waals surface area contributed by atoms with Gasteiger partial charge in [-0.2, -0.15) is 0 Å². The van der Waals surface area contributed by atoms with Crippen LogP contribution in [-0.2, 0) is 9.84 Å². The Morgan fingerprint density at radius 1 is 1.17 bits per heavy atom. The number of halogens is 1. The first-order valence-electron chi connectivity index (χ1n) is 7.33. The van der Waals surface area contributed by atoms with Crippen LogP contribution in [0.25, 0.3) is 0 Å². The second-order valence-electron chi connectivity index (χ2n) is 5.18. The van der Waals surface area contributed by atoms with Crippen LogP contribution in [0.1, 0.15) is 16.8 Å². The van der Waals surface area contributed by atoms with Crippen LogP contribution in [0.2, 0.25) is 5.02 Å². The number of amides is 1. The first-order chi connectivity index (χ1) is 11.4. The fraction of sp³-hybridized carbons (Fsp3) is 0.235. The van der Waals surface area contributed by atoms with Crippen LogP contribution in [0.3, 0.4) is 0 Å². The first kappa shape index (κ1) is 18.8. The number of hydrogen-bond donors (Lipinski definition) is 1. The smallest absolute Gasteiger partial charge is 0.252 e. The average Bonchev–Trinajstić information content (AvgIpc) is 2.54. The maximum absolute atomic E-state index is 12.2. The van der Waals surface area contributed by atoms with E-state index in [1.807, 2.05) is 30.3 Å². The van der Waals surface area contributed by atoms with Crippen molar-refractivity contribution in [2.45, 2.75) is 16.2 Å². The molecule has 4 nitrogen and oxygen atoms in total. The summed E-state index contributed by atoms with van der Waals surface area (Å²) in [6, 6.07) is 14.2. The lowest BCUT2D eigenvalue weighted by Gasteiger charge is -2.08. The highest BCUT2D eigenvalue weighted by Gasteiger charge is 2.15. The van der Waals surface area contributed by atoms with Crippen molar-refractivity contribution in [2.75, 3.05) is 18.6 Å². The van der Waals surface area contributed by atoms with E-state index in [4.69, 9.17) is 11.6 Å². The van der Waals surface area contributed by atoms with Crippen LogP contribution < -0.4 is 5.32 Å². The Balaban J connectivity index is 1.86. The largest absolute Gasteiger partial charge is 0.352 e. The summed E-state index contributed by atoms with van der Waals surface area (Å²) in [4.78, 5) is 13.4. The molecule has 0 bridgehead atoms. The molecule has 128 valence electrons. The van der Waals surface area contributed by atoms with Crippen molar-refractivity contribution >= 4 is 39.1 Å². The van der Waals surface area contributed by atoms with E-state index in [0.29, 0.717) is 6.54 Å². The minimum absolute atomic E-state index is 0.0803. The predicted octanol–water partition coefficient (Wildman–Crippen LogP) is 3.66. The zero-order valence-electron chi connectivity index (χ0n) is 13.2. The van der Waals surface area contributed by atoms with Crippen molar-refractivity contribution in [3.8, 4) is 0 Å². The monoisotopic (exact) mass is 383 g/mol. The van der Waals surface area contributed by atoms with E-state index in [-0.39, 0.29) is 21.4 Å². The number of nitrogens with one attached hydrogen (secondary N) is 1.